The van der Waals surface area contributed by atoms with Crippen molar-refractivity contribution in [2.24, 2.45) is 5.92 Å². The van der Waals surface area contributed by atoms with Gasteiger partial charge in [-0.3, -0.25) is 14.7 Å². The molecule has 1 aromatic heterocycles. The minimum Gasteiger partial charge on any atom is -0.353 e. The third-order valence-electron chi connectivity index (χ3n) is 4.70. The molecule has 6 heteroatoms. The number of aromatic nitrogens is 1. The molecule has 24 heavy (non-hydrogen) atoms. The molecule has 2 saturated heterocycles. The summed E-state index contributed by atoms with van der Waals surface area (Å²) in [6.45, 7) is 6.37. The second-order valence-corrected chi connectivity index (χ2v) is 6.72. The van der Waals surface area contributed by atoms with Crippen molar-refractivity contribution in [3.05, 3.63) is 30.1 Å². The van der Waals surface area contributed by atoms with Gasteiger partial charge in [0, 0.05) is 31.9 Å². The molecule has 0 radical (unpaired) electrons. The zero-order valence-electron chi connectivity index (χ0n) is 14.3. The normalized spacial score (nSPS) is 26.2. The summed E-state index contributed by atoms with van der Waals surface area (Å²) in [5, 5.41) is 3.16. The molecule has 1 aromatic rings. The molecule has 0 spiro atoms. The minimum atomic E-state index is -0.377. The first-order valence-electron chi connectivity index (χ1n) is 8.85. The molecule has 0 saturated carbocycles. The molecule has 6 nitrogen and oxygen atoms in total. The van der Waals surface area contributed by atoms with E-state index in [9.17, 15) is 4.79 Å². The average molecular weight is 333 g/mol. The first-order valence-corrected chi connectivity index (χ1v) is 8.85. The summed E-state index contributed by atoms with van der Waals surface area (Å²) in [4.78, 5) is 19.0. The second kappa shape index (κ2) is 8.55. The van der Waals surface area contributed by atoms with E-state index in [4.69, 9.17) is 9.47 Å². The summed E-state index contributed by atoms with van der Waals surface area (Å²) in [6, 6.07) is 6.24. The van der Waals surface area contributed by atoms with Crippen LogP contribution in [0.5, 0.6) is 0 Å². The van der Waals surface area contributed by atoms with Crippen LogP contribution in [0.1, 0.15) is 31.9 Å². The maximum Gasteiger partial charge on any atom is 0.225 e. The molecule has 2 aliphatic heterocycles. The van der Waals surface area contributed by atoms with Crippen molar-refractivity contribution in [3.63, 3.8) is 0 Å². The van der Waals surface area contributed by atoms with Crippen LogP contribution in [0.2, 0.25) is 0 Å². The van der Waals surface area contributed by atoms with Crippen molar-refractivity contribution in [2.45, 2.75) is 45.1 Å². The number of amides is 1. The van der Waals surface area contributed by atoms with Crippen molar-refractivity contribution in [1.29, 1.82) is 0 Å². The number of pyridine rings is 1. The highest BCUT2D eigenvalue weighted by Gasteiger charge is 2.28. The lowest BCUT2D eigenvalue weighted by Gasteiger charge is -2.37. The third-order valence-corrected chi connectivity index (χ3v) is 4.70. The molecular formula is C18H27N3O3. The van der Waals surface area contributed by atoms with Gasteiger partial charge >= 0.3 is 0 Å². The summed E-state index contributed by atoms with van der Waals surface area (Å²) in [5.41, 5.74) is 1.10. The zero-order valence-corrected chi connectivity index (χ0v) is 14.3. The van der Waals surface area contributed by atoms with Crippen LogP contribution in [-0.2, 0) is 20.8 Å². The molecule has 132 valence electrons. The average Bonchev–Trinajstić information content (AvgIpc) is 2.59. The molecule has 0 aliphatic carbocycles. The maximum atomic E-state index is 12.2. The molecule has 2 atom stereocenters. The summed E-state index contributed by atoms with van der Waals surface area (Å²) in [7, 11) is 0. The zero-order chi connectivity index (χ0) is 16.8. The van der Waals surface area contributed by atoms with E-state index >= 15 is 0 Å². The molecular weight excluding hydrogens is 306 g/mol. The van der Waals surface area contributed by atoms with E-state index in [1.807, 2.05) is 18.3 Å². The van der Waals surface area contributed by atoms with Gasteiger partial charge in [0.05, 0.1) is 25.3 Å². The van der Waals surface area contributed by atoms with E-state index in [2.05, 4.69) is 28.2 Å². The van der Waals surface area contributed by atoms with Crippen molar-refractivity contribution >= 4 is 5.91 Å². The fourth-order valence-electron chi connectivity index (χ4n) is 3.38. The second-order valence-electron chi connectivity index (χ2n) is 6.72. The fourth-order valence-corrected chi connectivity index (χ4v) is 3.38. The Morgan fingerprint density at radius 1 is 1.38 bits per heavy atom. The quantitative estimate of drug-likeness (QED) is 0.886. The van der Waals surface area contributed by atoms with E-state index in [0.29, 0.717) is 25.6 Å². The lowest BCUT2D eigenvalue weighted by Crippen LogP contribution is -2.50. The van der Waals surface area contributed by atoms with Crippen LogP contribution >= 0.6 is 0 Å². The Bertz CT molecular complexity index is 520. The highest BCUT2D eigenvalue weighted by atomic mass is 16.7. The van der Waals surface area contributed by atoms with E-state index in [-0.39, 0.29) is 18.2 Å². The van der Waals surface area contributed by atoms with E-state index in [1.165, 1.54) is 0 Å². The van der Waals surface area contributed by atoms with Crippen molar-refractivity contribution in [1.82, 2.24) is 15.2 Å². The SMILES string of the molecule is C[C@H]1CN(Cc2ccccn2)CC[C@H]1NC(=O)CC1OCCCO1. The Kier molecular flexibility index (Phi) is 6.18. The Hall–Kier alpha value is -1.50. The van der Waals surface area contributed by atoms with Crippen molar-refractivity contribution < 1.29 is 14.3 Å². The molecule has 1 amide bonds. The Morgan fingerprint density at radius 2 is 2.21 bits per heavy atom. The molecule has 0 bridgehead atoms. The monoisotopic (exact) mass is 333 g/mol. The summed E-state index contributed by atoms with van der Waals surface area (Å²) in [5.74, 6) is 0.441. The van der Waals surface area contributed by atoms with Crippen LogP contribution in [0.25, 0.3) is 0 Å². The Balaban J connectivity index is 1.42. The van der Waals surface area contributed by atoms with Gasteiger partial charge in [-0.15, -0.1) is 0 Å². The van der Waals surface area contributed by atoms with Crippen molar-refractivity contribution in [3.8, 4) is 0 Å². The predicted octanol–water partition coefficient (Wildman–Crippen LogP) is 1.56. The topological polar surface area (TPSA) is 63.7 Å². The van der Waals surface area contributed by atoms with E-state index in [0.717, 1.165) is 38.2 Å². The number of carbonyl (C=O) groups excluding carboxylic acids is 1. The third kappa shape index (κ3) is 5.00. The predicted molar refractivity (Wildman–Crippen MR) is 90.2 cm³/mol. The van der Waals surface area contributed by atoms with Gasteiger partial charge < -0.3 is 14.8 Å². The number of carbonyl (C=O) groups is 1. The number of rotatable bonds is 5. The lowest BCUT2D eigenvalue weighted by atomic mass is 9.93. The first-order chi connectivity index (χ1) is 11.7. The fraction of sp³-hybridized carbons (Fsp3) is 0.667. The van der Waals surface area contributed by atoms with Crippen LogP contribution in [0.4, 0.5) is 0 Å². The smallest absolute Gasteiger partial charge is 0.225 e. The Morgan fingerprint density at radius 3 is 2.92 bits per heavy atom. The summed E-state index contributed by atoms with van der Waals surface area (Å²) in [6.07, 6.45) is 3.62. The number of nitrogens with zero attached hydrogens (tertiary/aromatic N) is 2. The van der Waals surface area contributed by atoms with Gasteiger partial charge in [-0.05, 0) is 30.9 Å². The van der Waals surface area contributed by atoms with Gasteiger partial charge in [-0.25, -0.2) is 0 Å². The molecule has 3 rings (SSSR count). The summed E-state index contributed by atoms with van der Waals surface area (Å²) >= 11 is 0. The minimum absolute atomic E-state index is 0.0249. The lowest BCUT2D eigenvalue weighted by molar-refractivity contribution is -0.184. The van der Waals surface area contributed by atoms with Crippen LogP contribution in [0.15, 0.2) is 24.4 Å². The van der Waals surface area contributed by atoms with Gasteiger partial charge in [0.25, 0.3) is 0 Å². The molecule has 3 heterocycles. The molecule has 0 unspecified atom stereocenters. The van der Waals surface area contributed by atoms with Crippen LogP contribution in [0, 0.1) is 5.92 Å². The molecule has 1 N–H and O–H groups in total. The van der Waals surface area contributed by atoms with Crippen LogP contribution < -0.4 is 5.32 Å². The van der Waals surface area contributed by atoms with Gasteiger partial charge in [0.1, 0.15) is 0 Å². The van der Waals surface area contributed by atoms with Crippen LogP contribution in [-0.4, -0.2) is 54.4 Å². The molecule has 2 aliphatic rings. The maximum absolute atomic E-state index is 12.2. The van der Waals surface area contributed by atoms with E-state index in [1.54, 1.807) is 0 Å². The number of hydrogen-bond acceptors (Lipinski definition) is 5. The van der Waals surface area contributed by atoms with Gasteiger partial charge in [-0.1, -0.05) is 13.0 Å². The standard InChI is InChI=1S/C18H27N3O3/c1-14-12-21(13-15-5-2-3-7-19-15)8-6-16(14)20-17(22)11-18-23-9-4-10-24-18/h2-3,5,7,14,16,18H,4,6,8-13H2,1H3,(H,20,22)/t14-,16+/m0/s1. The highest BCUT2D eigenvalue weighted by Crippen LogP contribution is 2.19. The van der Waals surface area contributed by atoms with E-state index < -0.39 is 0 Å². The van der Waals surface area contributed by atoms with Gasteiger partial charge in [0.15, 0.2) is 6.29 Å². The number of nitrogens with one attached hydrogen (secondary N) is 1. The van der Waals surface area contributed by atoms with Crippen molar-refractivity contribution in [2.75, 3.05) is 26.3 Å². The first kappa shape index (κ1) is 17.3. The number of ether oxygens (including phenoxy) is 2. The number of likely N-dealkylation sites (tertiary alicyclic amines) is 1. The largest absolute Gasteiger partial charge is 0.353 e. The summed E-state index contributed by atoms with van der Waals surface area (Å²) < 4.78 is 10.9. The molecule has 0 aromatic carbocycles. The van der Waals surface area contributed by atoms with Gasteiger partial charge in [-0.2, -0.15) is 0 Å². The molecule has 2 fully saturated rings. The number of piperidine rings is 1. The van der Waals surface area contributed by atoms with Crippen LogP contribution in [0.3, 0.4) is 0 Å². The highest BCUT2D eigenvalue weighted by molar-refractivity contribution is 5.76. The Labute approximate surface area is 143 Å². The number of hydrogen-bond donors (Lipinski definition) is 1. The van der Waals surface area contributed by atoms with Gasteiger partial charge in [0.2, 0.25) is 5.91 Å².